The number of ketones is 1. The molecule has 31 heavy (non-hydrogen) atoms. The number of nitrogens with zero attached hydrogens (tertiary/aromatic N) is 3. The number of nitrogens with one attached hydrogen (secondary N) is 1. The number of hydrogen-bond donors (Lipinski definition) is 2. The second-order valence-electron chi connectivity index (χ2n) is 8.88. The zero-order valence-electron chi connectivity index (χ0n) is 17.7. The minimum Gasteiger partial charge on any atom is -0.508 e. The lowest BCUT2D eigenvalue weighted by Gasteiger charge is -2.38. The van der Waals surface area contributed by atoms with Crippen LogP contribution in [-0.2, 0) is 4.79 Å². The number of carbonyl (C=O) groups excluding carboxylic acids is 1. The number of phenols is 1. The Hall–Kier alpha value is -3.61. The van der Waals surface area contributed by atoms with E-state index in [1.54, 1.807) is 36.1 Å². The molecule has 2 aromatic carbocycles. The predicted octanol–water partition coefficient (Wildman–Crippen LogP) is 4.32. The van der Waals surface area contributed by atoms with Crippen LogP contribution in [0.25, 0.3) is 11.4 Å². The highest BCUT2D eigenvalue weighted by molar-refractivity contribution is 6.00. The van der Waals surface area contributed by atoms with E-state index >= 15 is 0 Å². The van der Waals surface area contributed by atoms with Crippen molar-refractivity contribution in [3.05, 3.63) is 65.4 Å². The summed E-state index contributed by atoms with van der Waals surface area (Å²) in [5.74, 6) is 2.21. The lowest BCUT2D eigenvalue weighted by Crippen LogP contribution is -2.36. The van der Waals surface area contributed by atoms with Gasteiger partial charge in [0.1, 0.15) is 17.5 Å². The second-order valence-corrected chi connectivity index (χ2v) is 8.88. The average Bonchev–Trinajstić information content (AvgIpc) is 3.15. The Morgan fingerprint density at radius 3 is 2.48 bits per heavy atom. The number of carbonyl (C=O) groups is 1. The van der Waals surface area contributed by atoms with Gasteiger partial charge in [-0.25, -0.2) is 4.68 Å². The van der Waals surface area contributed by atoms with E-state index in [-0.39, 0.29) is 23.0 Å². The van der Waals surface area contributed by atoms with Crippen LogP contribution in [0, 0.1) is 5.41 Å². The van der Waals surface area contributed by atoms with Gasteiger partial charge in [-0.2, -0.15) is 4.98 Å². The number of hydrogen-bond acceptors (Lipinski definition) is 6. The quantitative estimate of drug-likeness (QED) is 0.661. The average molecular weight is 416 g/mol. The van der Waals surface area contributed by atoms with Crippen molar-refractivity contribution in [1.82, 2.24) is 14.8 Å². The molecule has 5 rings (SSSR count). The van der Waals surface area contributed by atoms with E-state index in [0.717, 1.165) is 34.6 Å². The summed E-state index contributed by atoms with van der Waals surface area (Å²) in [6, 6.07) is 14.1. The molecule has 1 aliphatic carbocycles. The Bertz CT molecular complexity index is 1190. The molecule has 3 aromatic rings. The first-order valence-electron chi connectivity index (χ1n) is 10.3. The van der Waals surface area contributed by atoms with Crippen LogP contribution in [-0.4, -0.2) is 32.8 Å². The molecule has 0 amide bonds. The Kier molecular flexibility index (Phi) is 4.36. The van der Waals surface area contributed by atoms with Crippen molar-refractivity contribution in [2.45, 2.75) is 32.7 Å². The van der Waals surface area contributed by atoms with Crippen LogP contribution in [0.3, 0.4) is 0 Å². The Balaban J connectivity index is 1.66. The van der Waals surface area contributed by atoms with Crippen molar-refractivity contribution in [1.29, 1.82) is 0 Å². The van der Waals surface area contributed by atoms with Crippen LogP contribution < -0.4 is 10.1 Å². The number of aromatic nitrogens is 3. The van der Waals surface area contributed by atoms with Crippen molar-refractivity contribution in [3.63, 3.8) is 0 Å². The van der Waals surface area contributed by atoms with Gasteiger partial charge < -0.3 is 15.2 Å². The molecule has 7 nitrogen and oxygen atoms in total. The maximum absolute atomic E-state index is 13.3. The van der Waals surface area contributed by atoms with E-state index in [9.17, 15) is 9.90 Å². The zero-order chi connectivity index (χ0) is 21.8. The van der Waals surface area contributed by atoms with Crippen LogP contribution in [0.5, 0.6) is 11.5 Å². The maximum atomic E-state index is 13.3. The van der Waals surface area contributed by atoms with E-state index in [1.807, 2.05) is 24.3 Å². The fraction of sp³-hybridized carbons (Fsp3) is 0.292. The molecule has 2 aliphatic rings. The fourth-order valence-corrected chi connectivity index (χ4v) is 4.44. The molecule has 0 radical (unpaired) electrons. The summed E-state index contributed by atoms with van der Waals surface area (Å²) in [6.07, 6.45) is 1.26. The number of rotatable bonds is 3. The molecule has 1 aliphatic heterocycles. The maximum Gasteiger partial charge on any atom is 0.226 e. The molecule has 1 aromatic heterocycles. The summed E-state index contributed by atoms with van der Waals surface area (Å²) in [4.78, 5) is 18.0. The first-order valence-corrected chi connectivity index (χ1v) is 10.3. The summed E-state index contributed by atoms with van der Waals surface area (Å²) in [7, 11) is 1.63. The third kappa shape index (κ3) is 3.36. The molecular formula is C24H24N4O3. The standard InChI is InChI=1S/C24H24N4O3/c1-24(2)12-18-20(19(30)13-24)21(14-6-10-17(31-3)11-7-14)28-23(25-18)26-22(27-28)15-4-8-16(29)9-5-15/h4-11,21,29H,12-13H2,1-3H3,(H,25,26,27)/t21-/m1/s1. The summed E-state index contributed by atoms with van der Waals surface area (Å²) >= 11 is 0. The van der Waals surface area contributed by atoms with Crippen LogP contribution >= 0.6 is 0 Å². The van der Waals surface area contributed by atoms with Gasteiger partial charge in [0, 0.05) is 23.3 Å². The SMILES string of the molecule is COc1ccc([C@@H]2C3=C(CC(C)(C)CC3=O)Nc3nc(-c4ccc(O)cc4)nn32)cc1. The van der Waals surface area contributed by atoms with Crippen LogP contribution in [0.15, 0.2) is 59.8 Å². The van der Waals surface area contributed by atoms with Gasteiger partial charge in [0.15, 0.2) is 11.6 Å². The predicted molar refractivity (Wildman–Crippen MR) is 117 cm³/mol. The van der Waals surface area contributed by atoms with E-state index in [1.165, 1.54) is 0 Å². The smallest absolute Gasteiger partial charge is 0.226 e. The topological polar surface area (TPSA) is 89.3 Å². The third-order valence-electron chi connectivity index (χ3n) is 5.89. The molecule has 1 atom stereocenters. The van der Waals surface area contributed by atoms with Gasteiger partial charge in [0.2, 0.25) is 5.95 Å². The summed E-state index contributed by atoms with van der Waals surface area (Å²) in [5.41, 5.74) is 3.29. The normalized spacial score (nSPS) is 19.5. The van der Waals surface area contributed by atoms with Gasteiger partial charge in [-0.05, 0) is 53.8 Å². The number of ether oxygens (including phenoxy) is 1. The Morgan fingerprint density at radius 1 is 1.10 bits per heavy atom. The van der Waals surface area contributed by atoms with Gasteiger partial charge in [0.25, 0.3) is 0 Å². The zero-order valence-corrected chi connectivity index (χ0v) is 17.7. The number of benzene rings is 2. The fourth-order valence-electron chi connectivity index (χ4n) is 4.44. The molecule has 7 heteroatoms. The number of Topliss-reactive ketones (excluding diaryl/α,β-unsaturated/α-hetero) is 1. The number of allylic oxidation sites excluding steroid dienone is 2. The molecule has 0 unspecified atom stereocenters. The van der Waals surface area contributed by atoms with Crippen molar-refractivity contribution in [2.75, 3.05) is 12.4 Å². The second kappa shape index (κ2) is 6.97. The summed E-state index contributed by atoms with van der Waals surface area (Å²) < 4.78 is 7.10. The largest absolute Gasteiger partial charge is 0.508 e. The monoisotopic (exact) mass is 416 g/mol. The summed E-state index contributed by atoms with van der Waals surface area (Å²) in [5, 5.41) is 17.7. The molecule has 0 saturated carbocycles. The lowest BCUT2D eigenvalue weighted by atomic mass is 9.73. The van der Waals surface area contributed by atoms with E-state index in [2.05, 4.69) is 19.2 Å². The van der Waals surface area contributed by atoms with Crippen molar-refractivity contribution >= 4 is 11.7 Å². The van der Waals surface area contributed by atoms with Crippen LogP contribution in [0.1, 0.15) is 38.3 Å². The number of phenolic OH excluding ortho intramolecular Hbond substituents is 1. The van der Waals surface area contributed by atoms with Gasteiger partial charge in [-0.15, -0.1) is 5.10 Å². The molecule has 158 valence electrons. The number of fused-ring (bicyclic) bond motifs is 1. The summed E-state index contributed by atoms with van der Waals surface area (Å²) in [6.45, 7) is 4.22. The van der Waals surface area contributed by atoms with Crippen LogP contribution in [0.4, 0.5) is 5.95 Å². The van der Waals surface area contributed by atoms with E-state index < -0.39 is 0 Å². The molecular weight excluding hydrogens is 392 g/mol. The third-order valence-corrected chi connectivity index (χ3v) is 5.89. The molecule has 0 saturated heterocycles. The number of anilines is 1. The number of methoxy groups -OCH3 is 1. The van der Waals surface area contributed by atoms with Crippen molar-refractivity contribution < 1.29 is 14.6 Å². The highest BCUT2D eigenvalue weighted by Crippen LogP contribution is 2.45. The molecule has 2 heterocycles. The van der Waals surface area contributed by atoms with E-state index in [0.29, 0.717) is 18.2 Å². The molecule has 0 spiro atoms. The molecule has 0 fully saturated rings. The highest BCUT2D eigenvalue weighted by atomic mass is 16.5. The Morgan fingerprint density at radius 2 is 1.81 bits per heavy atom. The van der Waals surface area contributed by atoms with Gasteiger partial charge in [-0.3, -0.25) is 4.79 Å². The van der Waals surface area contributed by atoms with Gasteiger partial charge >= 0.3 is 0 Å². The van der Waals surface area contributed by atoms with Crippen molar-refractivity contribution in [3.8, 4) is 22.9 Å². The first kappa shape index (κ1) is 19.4. The first-order chi connectivity index (χ1) is 14.8. The van der Waals surface area contributed by atoms with Crippen molar-refractivity contribution in [2.24, 2.45) is 5.41 Å². The van der Waals surface area contributed by atoms with Gasteiger partial charge in [-0.1, -0.05) is 26.0 Å². The van der Waals surface area contributed by atoms with E-state index in [4.69, 9.17) is 14.8 Å². The highest BCUT2D eigenvalue weighted by Gasteiger charge is 2.41. The number of aromatic hydroxyl groups is 1. The van der Waals surface area contributed by atoms with Crippen LogP contribution in [0.2, 0.25) is 0 Å². The Labute approximate surface area is 180 Å². The minimum absolute atomic E-state index is 0.116. The minimum atomic E-state index is -0.362. The molecule has 2 N–H and O–H groups in total. The van der Waals surface area contributed by atoms with Gasteiger partial charge in [0.05, 0.1) is 7.11 Å². The lowest BCUT2D eigenvalue weighted by molar-refractivity contribution is -0.118. The molecule has 0 bridgehead atoms.